The summed E-state index contributed by atoms with van der Waals surface area (Å²) in [5.41, 5.74) is 1.31. The Labute approximate surface area is 94.9 Å². The highest BCUT2D eigenvalue weighted by atomic mass is 19.2. The minimum atomic E-state index is -0.723. The van der Waals surface area contributed by atoms with Crippen LogP contribution in [0.2, 0.25) is 0 Å². The number of rotatable bonds is 2. The molecular weight excluding hydrogens is 208 g/mol. The van der Waals surface area contributed by atoms with Crippen LogP contribution in [-0.2, 0) is 6.42 Å². The number of aryl methyl sites for hydroxylation is 1. The van der Waals surface area contributed by atoms with Crippen LogP contribution in [0.4, 0.5) is 8.78 Å². The second-order valence-corrected chi connectivity index (χ2v) is 4.63. The maximum atomic E-state index is 13.2. The molecular formula is C13H17F2N. The molecule has 88 valence electrons. The van der Waals surface area contributed by atoms with Gasteiger partial charge in [0.1, 0.15) is 0 Å². The van der Waals surface area contributed by atoms with E-state index in [0.29, 0.717) is 11.5 Å². The van der Waals surface area contributed by atoms with Gasteiger partial charge < -0.3 is 5.32 Å². The molecule has 2 rings (SSSR count). The van der Waals surface area contributed by atoms with Crippen LogP contribution in [0.25, 0.3) is 0 Å². The van der Waals surface area contributed by atoms with E-state index in [4.69, 9.17) is 0 Å². The van der Waals surface area contributed by atoms with Gasteiger partial charge >= 0.3 is 0 Å². The molecule has 0 saturated carbocycles. The van der Waals surface area contributed by atoms with Gasteiger partial charge in [0, 0.05) is 0 Å². The Kier molecular flexibility index (Phi) is 3.54. The SMILES string of the molecule is Cc1cc(CC2CCCNC2)cc(F)c1F. The fourth-order valence-corrected chi connectivity index (χ4v) is 2.35. The Bertz CT molecular complexity index is 347. The average molecular weight is 225 g/mol. The molecule has 1 aromatic rings. The zero-order valence-corrected chi connectivity index (χ0v) is 9.52. The van der Waals surface area contributed by atoms with Gasteiger partial charge in [-0.15, -0.1) is 0 Å². The third kappa shape index (κ3) is 2.59. The topological polar surface area (TPSA) is 12.0 Å². The van der Waals surface area contributed by atoms with Crippen molar-refractivity contribution in [2.45, 2.75) is 26.2 Å². The largest absolute Gasteiger partial charge is 0.316 e. The van der Waals surface area contributed by atoms with Crippen molar-refractivity contribution >= 4 is 0 Å². The highest BCUT2D eigenvalue weighted by molar-refractivity contribution is 5.25. The first-order chi connectivity index (χ1) is 7.66. The summed E-state index contributed by atoms with van der Waals surface area (Å²) in [4.78, 5) is 0. The number of piperidine rings is 1. The molecule has 0 radical (unpaired) electrons. The van der Waals surface area contributed by atoms with Gasteiger partial charge in [-0.1, -0.05) is 6.07 Å². The Morgan fingerprint density at radius 2 is 2.19 bits per heavy atom. The summed E-state index contributed by atoms with van der Waals surface area (Å²) in [5, 5.41) is 3.33. The fraction of sp³-hybridized carbons (Fsp3) is 0.538. The number of halogens is 2. The lowest BCUT2D eigenvalue weighted by molar-refractivity contribution is 0.375. The standard InChI is InChI=1S/C13H17F2N/c1-9-5-11(7-12(14)13(9)15)6-10-3-2-4-16-8-10/h5,7,10,16H,2-4,6,8H2,1H3. The molecule has 0 aromatic heterocycles. The minimum absolute atomic E-state index is 0.402. The van der Waals surface area contributed by atoms with Gasteiger partial charge in [0.2, 0.25) is 0 Å². The van der Waals surface area contributed by atoms with Gasteiger partial charge in [-0.2, -0.15) is 0 Å². The summed E-state index contributed by atoms with van der Waals surface area (Å²) in [5.74, 6) is -0.887. The lowest BCUT2D eigenvalue weighted by Crippen LogP contribution is -2.30. The Hall–Kier alpha value is -0.960. The molecule has 1 saturated heterocycles. The normalized spacial score (nSPS) is 21.1. The molecule has 1 aliphatic heterocycles. The molecule has 1 atom stereocenters. The van der Waals surface area contributed by atoms with E-state index < -0.39 is 11.6 Å². The van der Waals surface area contributed by atoms with Gasteiger partial charge in [0.25, 0.3) is 0 Å². The van der Waals surface area contributed by atoms with Gasteiger partial charge in [0.05, 0.1) is 0 Å². The highest BCUT2D eigenvalue weighted by Crippen LogP contribution is 2.20. The molecule has 1 N–H and O–H groups in total. The molecule has 0 bridgehead atoms. The number of hydrogen-bond acceptors (Lipinski definition) is 1. The monoisotopic (exact) mass is 225 g/mol. The van der Waals surface area contributed by atoms with Crippen LogP contribution in [0.5, 0.6) is 0 Å². The van der Waals surface area contributed by atoms with Crippen LogP contribution < -0.4 is 5.32 Å². The van der Waals surface area contributed by atoms with Crippen LogP contribution in [-0.4, -0.2) is 13.1 Å². The summed E-state index contributed by atoms with van der Waals surface area (Å²) >= 11 is 0. The molecule has 0 aliphatic carbocycles. The summed E-state index contributed by atoms with van der Waals surface area (Å²) in [6.07, 6.45) is 3.18. The zero-order valence-electron chi connectivity index (χ0n) is 9.52. The van der Waals surface area contributed by atoms with Crippen LogP contribution in [0.1, 0.15) is 24.0 Å². The van der Waals surface area contributed by atoms with E-state index in [9.17, 15) is 8.78 Å². The van der Waals surface area contributed by atoms with E-state index >= 15 is 0 Å². The molecule has 1 aliphatic rings. The van der Waals surface area contributed by atoms with Gasteiger partial charge in [-0.25, -0.2) is 8.78 Å². The molecule has 0 amide bonds. The molecule has 1 nitrogen and oxygen atoms in total. The second kappa shape index (κ2) is 4.91. The second-order valence-electron chi connectivity index (χ2n) is 4.63. The van der Waals surface area contributed by atoms with Gasteiger partial charge in [0.15, 0.2) is 11.6 Å². The van der Waals surface area contributed by atoms with E-state index in [1.807, 2.05) is 0 Å². The molecule has 0 spiro atoms. The average Bonchev–Trinajstić information content (AvgIpc) is 2.27. The van der Waals surface area contributed by atoms with Gasteiger partial charge in [-0.05, 0) is 62.4 Å². The first kappa shape index (κ1) is 11.5. The minimum Gasteiger partial charge on any atom is -0.316 e. The first-order valence-corrected chi connectivity index (χ1v) is 5.82. The quantitative estimate of drug-likeness (QED) is 0.816. The lowest BCUT2D eigenvalue weighted by atomic mass is 9.92. The maximum Gasteiger partial charge on any atom is 0.161 e. The van der Waals surface area contributed by atoms with Crippen LogP contribution >= 0.6 is 0 Å². The molecule has 3 heteroatoms. The molecule has 1 fully saturated rings. The van der Waals surface area contributed by atoms with Crippen LogP contribution in [0.15, 0.2) is 12.1 Å². The lowest BCUT2D eigenvalue weighted by Gasteiger charge is -2.22. The van der Waals surface area contributed by atoms with Crippen molar-refractivity contribution in [3.8, 4) is 0 Å². The third-order valence-electron chi connectivity index (χ3n) is 3.19. The Balaban J connectivity index is 2.09. The van der Waals surface area contributed by atoms with Crippen molar-refractivity contribution in [1.82, 2.24) is 5.32 Å². The summed E-state index contributed by atoms with van der Waals surface area (Å²) < 4.78 is 26.3. The Morgan fingerprint density at radius 3 is 2.81 bits per heavy atom. The van der Waals surface area contributed by atoms with Crippen molar-refractivity contribution < 1.29 is 8.78 Å². The van der Waals surface area contributed by atoms with Crippen LogP contribution in [0.3, 0.4) is 0 Å². The molecule has 1 unspecified atom stereocenters. The van der Waals surface area contributed by atoms with Gasteiger partial charge in [-0.3, -0.25) is 0 Å². The number of benzene rings is 1. The smallest absolute Gasteiger partial charge is 0.161 e. The Morgan fingerprint density at radius 1 is 1.38 bits per heavy atom. The zero-order chi connectivity index (χ0) is 11.5. The first-order valence-electron chi connectivity index (χ1n) is 5.82. The van der Waals surface area contributed by atoms with E-state index in [1.165, 1.54) is 18.9 Å². The fourth-order valence-electron chi connectivity index (χ4n) is 2.35. The maximum absolute atomic E-state index is 13.2. The van der Waals surface area contributed by atoms with Crippen molar-refractivity contribution in [2.24, 2.45) is 5.92 Å². The van der Waals surface area contributed by atoms with E-state index in [-0.39, 0.29) is 0 Å². The summed E-state index contributed by atoms with van der Waals surface area (Å²) in [6, 6.07) is 3.09. The van der Waals surface area contributed by atoms with Crippen molar-refractivity contribution in [3.63, 3.8) is 0 Å². The van der Waals surface area contributed by atoms with Crippen molar-refractivity contribution in [1.29, 1.82) is 0 Å². The number of hydrogen-bond donors (Lipinski definition) is 1. The summed E-state index contributed by atoms with van der Waals surface area (Å²) in [7, 11) is 0. The number of nitrogens with one attached hydrogen (secondary N) is 1. The van der Waals surface area contributed by atoms with Crippen molar-refractivity contribution in [2.75, 3.05) is 13.1 Å². The van der Waals surface area contributed by atoms with E-state index in [1.54, 1.807) is 13.0 Å². The molecule has 1 heterocycles. The van der Waals surface area contributed by atoms with E-state index in [0.717, 1.165) is 25.1 Å². The molecule has 16 heavy (non-hydrogen) atoms. The molecule has 1 aromatic carbocycles. The van der Waals surface area contributed by atoms with E-state index in [2.05, 4.69) is 5.32 Å². The van der Waals surface area contributed by atoms with Crippen molar-refractivity contribution in [3.05, 3.63) is 34.9 Å². The summed E-state index contributed by atoms with van der Waals surface area (Å²) in [6.45, 7) is 3.67. The predicted octanol–water partition coefficient (Wildman–Crippen LogP) is 2.82. The predicted molar refractivity (Wildman–Crippen MR) is 60.4 cm³/mol. The highest BCUT2D eigenvalue weighted by Gasteiger charge is 2.15. The third-order valence-corrected chi connectivity index (χ3v) is 3.19. The van der Waals surface area contributed by atoms with Crippen LogP contribution in [0, 0.1) is 24.5 Å².